The van der Waals surface area contributed by atoms with Crippen molar-refractivity contribution in [3.05, 3.63) is 63.5 Å². The van der Waals surface area contributed by atoms with E-state index >= 15 is 0 Å². The molecule has 1 N–H and O–H groups in total. The van der Waals surface area contributed by atoms with Gasteiger partial charge in [-0.25, -0.2) is 4.79 Å². The van der Waals surface area contributed by atoms with Crippen molar-refractivity contribution in [3.63, 3.8) is 0 Å². The summed E-state index contributed by atoms with van der Waals surface area (Å²) in [5, 5.41) is 9.72. The second-order valence-corrected chi connectivity index (χ2v) is 6.63. The number of benzene rings is 1. The molecule has 0 saturated carbocycles. The number of nitrogens with zero attached hydrogens (tertiary/aromatic N) is 2. The van der Waals surface area contributed by atoms with Gasteiger partial charge in [0, 0.05) is 18.8 Å². The molecule has 1 aliphatic heterocycles. The summed E-state index contributed by atoms with van der Waals surface area (Å²) < 4.78 is 6.95. The van der Waals surface area contributed by atoms with Crippen molar-refractivity contribution >= 4 is 23.5 Å². The molecule has 142 valence electrons. The van der Waals surface area contributed by atoms with Gasteiger partial charge in [-0.15, -0.1) is 0 Å². The van der Waals surface area contributed by atoms with Crippen LogP contribution in [0.4, 0.5) is 0 Å². The number of carbonyl (C=O) groups excluding carboxylic acids is 1. The lowest BCUT2D eigenvalue weighted by Crippen LogP contribution is -2.40. The Kier molecular flexibility index (Phi) is 5.81. The summed E-state index contributed by atoms with van der Waals surface area (Å²) in [7, 11) is 0. The number of hydrogen-bond donors (Lipinski definition) is 1. The molecule has 8 heteroatoms. The number of aliphatic carboxylic acids is 1. The molecule has 0 aliphatic carbocycles. The van der Waals surface area contributed by atoms with E-state index in [9.17, 15) is 19.5 Å². The first-order valence-corrected chi connectivity index (χ1v) is 8.97. The summed E-state index contributed by atoms with van der Waals surface area (Å²) in [4.78, 5) is 37.4. The summed E-state index contributed by atoms with van der Waals surface area (Å²) in [6, 6.07) is 8.92. The molecule has 2 aromatic rings. The molecule has 1 aromatic heterocycles. The molecule has 0 spiro atoms. The highest BCUT2D eigenvalue weighted by Crippen LogP contribution is 2.23. The molecule has 1 fully saturated rings. The number of hydrogen-bond acceptors (Lipinski definition) is 4. The molecule has 1 amide bonds. The SMILES string of the molecule is O=C(O)[C@H]1CCCN1C(=O)c1ccc(=O)n(CCOc2ccccc2Cl)c1. The van der Waals surface area contributed by atoms with Crippen molar-refractivity contribution in [2.24, 2.45) is 0 Å². The predicted octanol–water partition coefficient (Wildman–Crippen LogP) is 2.27. The zero-order valence-corrected chi connectivity index (χ0v) is 15.3. The average Bonchev–Trinajstić information content (AvgIpc) is 3.14. The number of amides is 1. The Morgan fingerprint density at radius 3 is 2.74 bits per heavy atom. The van der Waals surface area contributed by atoms with Gasteiger partial charge in [0.25, 0.3) is 11.5 Å². The normalized spacial score (nSPS) is 16.3. The molecule has 7 nitrogen and oxygen atoms in total. The van der Waals surface area contributed by atoms with Gasteiger partial charge in [0.2, 0.25) is 0 Å². The summed E-state index contributed by atoms with van der Waals surface area (Å²) in [5.41, 5.74) is 0.00556. The number of para-hydroxylation sites is 1. The van der Waals surface area contributed by atoms with E-state index in [-0.39, 0.29) is 30.2 Å². The first kappa shape index (κ1) is 19.0. The third-order valence-corrected chi connectivity index (χ3v) is 4.77. The van der Waals surface area contributed by atoms with E-state index in [0.717, 1.165) is 0 Å². The third-order valence-electron chi connectivity index (χ3n) is 4.46. The number of carbonyl (C=O) groups is 2. The van der Waals surface area contributed by atoms with Gasteiger partial charge >= 0.3 is 5.97 Å². The van der Waals surface area contributed by atoms with Crippen LogP contribution in [0.25, 0.3) is 0 Å². The zero-order valence-electron chi connectivity index (χ0n) is 14.5. The van der Waals surface area contributed by atoms with Crippen LogP contribution in [0, 0.1) is 0 Å². The van der Waals surface area contributed by atoms with Gasteiger partial charge in [0.05, 0.1) is 17.1 Å². The maximum absolute atomic E-state index is 12.7. The standard InChI is InChI=1S/C19H19ClN2O5/c20-14-4-1-2-6-16(14)27-11-10-21-12-13(7-8-17(21)23)18(24)22-9-3-5-15(22)19(25)26/h1-2,4,6-8,12,15H,3,5,9-11H2,(H,25,26)/t15-/m1/s1. The zero-order chi connectivity index (χ0) is 19.4. The van der Waals surface area contributed by atoms with Gasteiger partial charge in [-0.1, -0.05) is 23.7 Å². The second-order valence-electron chi connectivity index (χ2n) is 6.22. The largest absolute Gasteiger partial charge is 0.490 e. The van der Waals surface area contributed by atoms with Crippen LogP contribution in [0.5, 0.6) is 5.75 Å². The van der Waals surface area contributed by atoms with E-state index in [4.69, 9.17) is 16.3 Å². The van der Waals surface area contributed by atoms with E-state index in [1.165, 1.54) is 27.8 Å². The maximum atomic E-state index is 12.7. The Balaban J connectivity index is 1.70. The maximum Gasteiger partial charge on any atom is 0.326 e. The molecule has 2 heterocycles. The van der Waals surface area contributed by atoms with Crippen LogP contribution < -0.4 is 10.3 Å². The van der Waals surface area contributed by atoms with Gasteiger partial charge in [-0.3, -0.25) is 9.59 Å². The first-order chi connectivity index (χ1) is 13.0. The molecular weight excluding hydrogens is 372 g/mol. The molecular formula is C19H19ClN2O5. The number of halogens is 1. The minimum Gasteiger partial charge on any atom is -0.490 e. The van der Waals surface area contributed by atoms with E-state index in [2.05, 4.69) is 0 Å². The number of ether oxygens (including phenoxy) is 1. The van der Waals surface area contributed by atoms with Crippen LogP contribution in [0.1, 0.15) is 23.2 Å². The molecule has 27 heavy (non-hydrogen) atoms. The minimum absolute atomic E-state index is 0.197. The summed E-state index contributed by atoms with van der Waals surface area (Å²) in [5.74, 6) is -0.885. The van der Waals surface area contributed by atoms with Crippen molar-refractivity contribution in [1.82, 2.24) is 9.47 Å². The highest BCUT2D eigenvalue weighted by atomic mass is 35.5. The Bertz CT molecular complexity index is 911. The molecule has 0 bridgehead atoms. The van der Waals surface area contributed by atoms with E-state index in [1.54, 1.807) is 24.3 Å². The van der Waals surface area contributed by atoms with Crippen molar-refractivity contribution in [1.29, 1.82) is 0 Å². The molecule has 1 atom stereocenters. The van der Waals surface area contributed by atoms with Gasteiger partial charge < -0.3 is 19.3 Å². The lowest BCUT2D eigenvalue weighted by Gasteiger charge is -2.21. The van der Waals surface area contributed by atoms with Crippen LogP contribution in [-0.4, -0.2) is 45.6 Å². The van der Waals surface area contributed by atoms with Gasteiger partial charge in [0.15, 0.2) is 0 Å². The fourth-order valence-electron chi connectivity index (χ4n) is 3.08. The van der Waals surface area contributed by atoms with Crippen LogP contribution >= 0.6 is 11.6 Å². The van der Waals surface area contributed by atoms with Crippen molar-refractivity contribution < 1.29 is 19.4 Å². The van der Waals surface area contributed by atoms with Gasteiger partial charge in [0.1, 0.15) is 18.4 Å². The third kappa shape index (κ3) is 4.31. The quantitative estimate of drug-likeness (QED) is 0.817. The lowest BCUT2D eigenvalue weighted by atomic mass is 10.2. The lowest BCUT2D eigenvalue weighted by molar-refractivity contribution is -0.141. The van der Waals surface area contributed by atoms with E-state index < -0.39 is 12.0 Å². The number of pyridine rings is 1. The Morgan fingerprint density at radius 2 is 2.00 bits per heavy atom. The Labute approximate surface area is 160 Å². The van der Waals surface area contributed by atoms with Crippen molar-refractivity contribution in [2.45, 2.75) is 25.4 Å². The summed E-state index contributed by atoms with van der Waals surface area (Å²) >= 11 is 6.02. The van der Waals surface area contributed by atoms with E-state index in [1.807, 2.05) is 0 Å². The summed E-state index contributed by atoms with van der Waals surface area (Å²) in [6.45, 7) is 0.820. The Morgan fingerprint density at radius 1 is 1.22 bits per heavy atom. The Hall–Kier alpha value is -2.80. The van der Waals surface area contributed by atoms with Crippen molar-refractivity contribution in [2.75, 3.05) is 13.2 Å². The van der Waals surface area contributed by atoms with Gasteiger partial charge in [-0.05, 0) is 31.0 Å². The number of carboxylic acids is 1. The molecule has 1 aliphatic rings. The minimum atomic E-state index is -1.01. The monoisotopic (exact) mass is 390 g/mol. The smallest absolute Gasteiger partial charge is 0.326 e. The average molecular weight is 391 g/mol. The molecule has 1 aromatic carbocycles. The highest BCUT2D eigenvalue weighted by Gasteiger charge is 2.34. The molecule has 0 unspecified atom stereocenters. The fraction of sp³-hybridized carbons (Fsp3) is 0.316. The van der Waals surface area contributed by atoms with Crippen LogP contribution in [-0.2, 0) is 11.3 Å². The predicted molar refractivity (Wildman–Crippen MR) is 99.3 cm³/mol. The highest BCUT2D eigenvalue weighted by molar-refractivity contribution is 6.32. The number of aromatic nitrogens is 1. The first-order valence-electron chi connectivity index (χ1n) is 8.59. The molecule has 0 radical (unpaired) electrons. The molecule has 3 rings (SSSR count). The number of rotatable bonds is 6. The van der Waals surface area contributed by atoms with Crippen molar-refractivity contribution in [3.8, 4) is 5.75 Å². The number of likely N-dealkylation sites (tertiary alicyclic amines) is 1. The molecule has 1 saturated heterocycles. The van der Waals surface area contributed by atoms with Crippen LogP contribution in [0.15, 0.2) is 47.4 Å². The fourth-order valence-corrected chi connectivity index (χ4v) is 3.27. The van der Waals surface area contributed by atoms with E-state index in [0.29, 0.717) is 30.2 Å². The summed E-state index contributed by atoms with van der Waals surface area (Å²) in [6.07, 6.45) is 2.53. The van der Waals surface area contributed by atoms with Crippen LogP contribution in [0.3, 0.4) is 0 Å². The number of carboxylic acid groups (broad SMARTS) is 1. The topological polar surface area (TPSA) is 88.8 Å². The van der Waals surface area contributed by atoms with Gasteiger partial charge in [-0.2, -0.15) is 0 Å². The van der Waals surface area contributed by atoms with Crippen LogP contribution in [0.2, 0.25) is 5.02 Å². The second kappa shape index (κ2) is 8.26.